The van der Waals surface area contributed by atoms with Gasteiger partial charge in [0.1, 0.15) is 0 Å². The Kier molecular flexibility index (Phi) is 1.72. The molecule has 2 aliphatic heterocycles. The van der Waals surface area contributed by atoms with Gasteiger partial charge < -0.3 is 16.0 Å². The van der Waals surface area contributed by atoms with Gasteiger partial charge in [-0.15, -0.1) is 0 Å². The Hall–Kier alpha value is -0.770. The Morgan fingerprint density at radius 2 is 2.42 bits per heavy atom. The maximum atomic E-state index is 11.1. The van der Waals surface area contributed by atoms with E-state index >= 15 is 0 Å². The molecule has 2 fully saturated rings. The van der Waals surface area contributed by atoms with E-state index in [0.717, 1.165) is 25.9 Å². The molecule has 68 valence electrons. The number of urea groups is 1. The van der Waals surface area contributed by atoms with Gasteiger partial charge in [0.2, 0.25) is 0 Å². The SMILES string of the molecule is CC1NC(=O)NC12CCCNC2. The summed E-state index contributed by atoms with van der Waals surface area (Å²) in [6.07, 6.45) is 2.23. The first kappa shape index (κ1) is 7.86. The molecule has 2 amide bonds. The molecular formula is C8H15N3O. The van der Waals surface area contributed by atoms with Crippen molar-refractivity contribution in [3.63, 3.8) is 0 Å². The quantitative estimate of drug-likeness (QED) is 0.471. The molecule has 2 aliphatic rings. The number of rotatable bonds is 0. The number of carbonyl (C=O) groups excluding carboxylic acids is 1. The number of piperidine rings is 1. The van der Waals surface area contributed by atoms with Crippen LogP contribution in [-0.2, 0) is 0 Å². The molecule has 0 radical (unpaired) electrons. The molecule has 0 bridgehead atoms. The molecule has 0 saturated carbocycles. The third kappa shape index (κ3) is 1.06. The summed E-state index contributed by atoms with van der Waals surface area (Å²) in [6.45, 7) is 4.03. The van der Waals surface area contributed by atoms with E-state index in [9.17, 15) is 4.79 Å². The van der Waals surface area contributed by atoms with E-state index in [-0.39, 0.29) is 17.6 Å². The van der Waals surface area contributed by atoms with Crippen LogP contribution >= 0.6 is 0 Å². The van der Waals surface area contributed by atoms with Crippen molar-refractivity contribution in [1.29, 1.82) is 0 Å². The minimum atomic E-state index is -0.0220. The summed E-state index contributed by atoms with van der Waals surface area (Å²) in [7, 11) is 0. The van der Waals surface area contributed by atoms with Gasteiger partial charge in [0.05, 0.1) is 11.6 Å². The molecule has 2 rings (SSSR count). The molecule has 2 unspecified atom stereocenters. The molecule has 2 heterocycles. The van der Waals surface area contributed by atoms with Crippen LogP contribution in [0.15, 0.2) is 0 Å². The lowest BCUT2D eigenvalue weighted by atomic mass is 9.85. The normalized spacial score (nSPS) is 41.1. The Morgan fingerprint density at radius 3 is 2.92 bits per heavy atom. The second-order valence-corrected chi connectivity index (χ2v) is 3.76. The standard InChI is InChI=1S/C8H15N3O/c1-6-8(11-7(12)10-6)3-2-4-9-5-8/h6,9H,2-5H2,1H3,(H2,10,11,12). The van der Waals surface area contributed by atoms with Crippen LogP contribution in [0.5, 0.6) is 0 Å². The Bertz CT molecular complexity index is 198. The van der Waals surface area contributed by atoms with E-state index < -0.39 is 0 Å². The van der Waals surface area contributed by atoms with Gasteiger partial charge in [0.15, 0.2) is 0 Å². The second kappa shape index (κ2) is 2.62. The summed E-state index contributed by atoms with van der Waals surface area (Å²) in [5, 5.41) is 9.21. The topological polar surface area (TPSA) is 53.2 Å². The van der Waals surface area contributed by atoms with Crippen LogP contribution in [0.1, 0.15) is 19.8 Å². The lowest BCUT2D eigenvalue weighted by molar-refractivity contribution is 0.235. The zero-order valence-electron chi connectivity index (χ0n) is 7.31. The highest BCUT2D eigenvalue weighted by molar-refractivity contribution is 5.78. The Balaban J connectivity index is 2.13. The molecule has 0 aromatic rings. The molecule has 2 atom stereocenters. The molecule has 4 nitrogen and oxygen atoms in total. The minimum Gasteiger partial charge on any atom is -0.333 e. The highest BCUT2D eigenvalue weighted by Crippen LogP contribution is 2.23. The number of amides is 2. The van der Waals surface area contributed by atoms with Gasteiger partial charge in [0.25, 0.3) is 0 Å². The van der Waals surface area contributed by atoms with Crippen LogP contribution in [0.2, 0.25) is 0 Å². The lowest BCUT2D eigenvalue weighted by Crippen LogP contribution is -2.58. The van der Waals surface area contributed by atoms with E-state index in [1.54, 1.807) is 0 Å². The second-order valence-electron chi connectivity index (χ2n) is 3.76. The predicted octanol–water partition coefficient (Wildman–Crippen LogP) is -0.190. The van der Waals surface area contributed by atoms with Gasteiger partial charge in [-0.05, 0) is 26.3 Å². The molecule has 0 aromatic carbocycles. The van der Waals surface area contributed by atoms with Crippen molar-refractivity contribution in [2.75, 3.05) is 13.1 Å². The molecule has 2 saturated heterocycles. The van der Waals surface area contributed by atoms with Crippen LogP contribution < -0.4 is 16.0 Å². The van der Waals surface area contributed by atoms with Crippen molar-refractivity contribution < 1.29 is 4.79 Å². The zero-order valence-corrected chi connectivity index (χ0v) is 7.31. The average molecular weight is 169 g/mol. The largest absolute Gasteiger partial charge is 0.333 e. The zero-order chi connectivity index (χ0) is 8.60. The van der Waals surface area contributed by atoms with E-state index in [4.69, 9.17) is 0 Å². The van der Waals surface area contributed by atoms with Crippen molar-refractivity contribution in [1.82, 2.24) is 16.0 Å². The highest BCUT2D eigenvalue weighted by atomic mass is 16.2. The Labute approximate surface area is 72.1 Å². The lowest BCUT2D eigenvalue weighted by Gasteiger charge is -2.36. The fourth-order valence-corrected chi connectivity index (χ4v) is 2.11. The molecule has 0 aromatic heterocycles. The molecular weight excluding hydrogens is 154 g/mol. The first-order valence-corrected chi connectivity index (χ1v) is 4.52. The Morgan fingerprint density at radius 1 is 1.58 bits per heavy atom. The van der Waals surface area contributed by atoms with Crippen LogP contribution in [0.4, 0.5) is 4.79 Å². The van der Waals surface area contributed by atoms with E-state index in [2.05, 4.69) is 22.9 Å². The number of hydrogen-bond acceptors (Lipinski definition) is 2. The summed E-state index contributed by atoms with van der Waals surface area (Å²) in [5.74, 6) is 0. The summed E-state index contributed by atoms with van der Waals surface area (Å²) >= 11 is 0. The number of hydrogen-bond donors (Lipinski definition) is 3. The van der Waals surface area contributed by atoms with Gasteiger partial charge in [-0.25, -0.2) is 4.79 Å². The van der Waals surface area contributed by atoms with Crippen LogP contribution in [0, 0.1) is 0 Å². The maximum absolute atomic E-state index is 11.1. The molecule has 0 aliphatic carbocycles. The summed E-state index contributed by atoms with van der Waals surface area (Å²) in [6, 6.07) is 0.226. The minimum absolute atomic E-state index is 0.0185. The summed E-state index contributed by atoms with van der Waals surface area (Å²) in [5.41, 5.74) is -0.0185. The van der Waals surface area contributed by atoms with Gasteiger partial charge in [-0.3, -0.25) is 0 Å². The first-order chi connectivity index (χ1) is 5.73. The van der Waals surface area contributed by atoms with Crippen LogP contribution in [0.25, 0.3) is 0 Å². The fourth-order valence-electron chi connectivity index (χ4n) is 2.11. The smallest absolute Gasteiger partial charge is 0.315 e. The van der Waals surface area contributed by atoms with Crippen molar-refractivity contribution in [2.24, 2.45) is 0 Å². The molecule has 4 heteroatoms. The van der Waals surface area contributed by atoms with Gasteiger partial charge in [0, 0.05) is 6.54 Å². The van der Waals surface area contributed by atoms with E-state index in [1.165, 1.54) is 0 Å². The van der Waals surface area contributed by atoms with Gasteiger partial charge in [-0.1, -0.05) is 0 Å². The van der Waals surface area contributed by atoms with E-state index in [0.29, 0.717) is 0 Å². The summed E-state index contributed by atoms with van der Waals surface area (Å²) in [4.78, 5) is 11.1. The highest BCUT2D eigenvalue weighted by Gasteiger charge is 2.44. The average Bonchev–Trinajstić information content (AvgIpc) is 2.29. The first-order valence-electron chi connectivity index (χ1n) is 4.52. The predicted molar refractivity (Wildman–Crippen MR) is 46.0 cm³/mol. The monoisotopic (exact) mass is 169 g/mol. The van der Waals surface area contributed by atoms with Crippen LogP contribution in [-0.4, -0.2) is 30.7 Å². The fraction of sp³-hybridized carbons (Fsp3) is 0.875. The molecule has 3 N–H and O–H groups in total. The van der Waals surface area contributed by atoms with Crippen molar-refractivity contribution in [2.45, 2.75) is 31.3 Å². The maximum Gasteiger partial charge on any atom is 0.315 e. The van der Waals surface area contributed by atoms with Crippen molar-refractivity contribution >= 4 is 6.03 Å². The third-order valence-corrected chi connectivity index (χ3v) is 2.96. The van der Waals surface area contributed by atoms with Crippen LogP contribution in [0.3, 0.4) is 0 Å². The number of carbonyl (C=O) groups is 1. The van der Waals surface area contributed by atoms with Gasteiger partial charge >= 0.3 is 6.03 Å². The number of nitrogens with one attached hydrogen (secondary N) is 3. The molecule has 1 spiro atoms. The van der Waals surface area contributed by atoms with E-state index in [1.807, 2.05) is 0 Å². The van der Waals surface area contributed by atoms with Gasteiger partial charge in [-0.2, -0.15) is 0 Å². The summed E-state index contributed by atoms with van der Waals surface area (Å²) < 4.78 is 0. The van der Waals surface area contributed by atoms with Crippen molar-refractivity contribution in [3.8, 4) is 0 Å². The van der Waals surface area contributed by atoms with Crippen molar-refractivity contribution in [3.05, 3.63) is 0 Å². The molecule has 12 heavy (non-hydrogen) atoms. The third-order valence-electron chi connectivity index (χ3n) is 2.96.